The molecule has 4 nitrogen and oxygen atoms in total. The first-order chi connectivity index (χ1) is 8.52. The summed E-state index contributed by atoms with van der Waals surface area (Å²) in [5.74, 6) is 0.0496. The maximum absolute atomic E-state index is 11.0. The number of carbonyl (C=O) groups is 1. The summed E-state index contributed by atoms with van der Waals surface area (Å²) in [6.45, 7) is 4.36. The quantitative estimate of drug-likeness (QED) is 0.836. The van der Waals surface area contributed by atoms with Crippen molar-refractivity contribution in [2.24, 2.45) is 0 Å². The standard InChI is InChI=1S/C13H18BrN3O/c1-9(18)16-13-2-3-17(8-13)7-10-4-11(14)6-12(15)5-10/h4-6,13H,2-3,7-8,15H2,1H3,(H,16,18). The van der Waals surface area contributed by atoms with E-state index in [4.69, 9.17) is 5.73 Å². The van der Waals surface area contributed by atoms with Crippen molar-refractivity contribution >= 4 is 27.5 Å². The monoisotopic (exact) mass is 311 g/mol. The zero-order valence-electron chi connectivity index (χ0n) is 10.4. The van der Waals surface area contributed by atoms with E-state index in [0.717, 1.165) is 36.2 Å². The number of rotatable bonds is 3. The highest BCUT2D eigenvalue weighted by molar-refractivity contribution is 9.10. The molecule has 1 aromatic rings. The summed E-state index contributed by atoms with van der Waals surface area (Å²) in [4.78, 5) is 13.3. The summed E-state index contributed by atoms with van der Waals surface area (Å²) in [5, 5.41) is 2.97. The van der Waals surface area contributed by atoms with E-state index in [1.807, 2.05) is 12.1 Å². The summed E-state index contributed by atoms with van der Waals surface area (Å²) in [5.41, 5.74) is 7.80. The summed E-state index contributed by atoms with van der Waals surface area (Å²) >= 11 is 3.45. The average molecular weight is 312 g/mol. The van der Waals surface area contributed by atoms with E-state index in [-0.39, 0.29) is 11.9 Å². The van der Waals surface area contributed by atoms with Crippen LogP contribution in [0.25, 0.3) is 0 Å². The van der Waals surface area contributed by atoms with Crippen molar-refractivity contribution in [3.8, 4) is 0 Å². The molecule has 2 rings (SSSR count). The molecular weight excluding hydrogens is 294 g/mol. The van der Waals surface area contributed by atoms with E-state index in [0.29, 0.717) is 0 Å². The molecular formula is C13H18BrN3O. The lowest BCUT2D eigenvalue weighted by molar-refractivity contribution is -0.119. The van der Waals surface area contributed by atoms with Crippen LogP contribution < -0.4 is 11.1 Å². The predicted octanol–water partition coefficient (Wildman–Crippen LogP) is 1.74. The largest absolute Gasteiger partial charge is 0.399 e. The van der Waals surface area contributed by atoms with Crippen molar-refractivity contribution in [2.75, 3.05) is 18.8 Å². The maximum Gasteiger partial charge on any atom is 0.217 e. The predicted molar refractivity (Wildman–Crippen MR) is 76.1 cm³/mol. The second-order valence-electron chi connectivity index (χ2n) is 4.81. The third kappa shape index (κ3) is 3.71. The molecule has 1 saturated heterocycles. The van der Waals surface area contributed by atoms with Crippen LogP contribution in [0.4, 0.5) is 5.69 Å². The van der Waals surface area contributed by atoms with Gasteiger partial charge in [0.15, 0.2) is 0 Å². The molecule has 1 unspecified atom stereocenters. The highest BCUT2D eigenvalue weighted by Crippen LogP contribution is 2.20. The normalized spacial score (nSPS) is 20.0. The van der Waals surface area contributed by atoms with Gasteiger partial charge in [-0.3, -0.25) is 9.69 Å². The van der Waals surface area contributed by atoms with Crippen molar-refractivity contribution in [2.45, 2.75) is 25.9 Å². The van der Waals surface area contributed by atoms with E-state index >= 15 is 0 Å². The first kappa shape index (κ1) is 13.4. The number of anilines is 1. The van der Waals surface area contributed by atoms with E-state index in [9.17, 15) is 4.79 Å². The Hall–Kier alpha value is -1.07. The Morgan fingerprint density at radius 1 is 1.56 bits per heavy atom. The zero-order valence-corrected chi connectivity index (χ0v) is 12.0. The summed E-state index contributed by atoms with van der Waals surface area (Å²) < 4.78 is 1.01. The lowest BCUT2D eigenvalue weighted by Gasteiger charge is -2.16. The van der Waals surface area contributed by atoms with Crippen molar-refractivity contribution in [1.29, 1.82) is 0 Å². The maximum atomic E-state index is 11.0. The minimum atomic E-state index is 0.0496. The topological polar surface area (TPSA) is 58.4 Å². The number of hydrogen-bond acceptors (Lipinski definition) is 3. The third-order valence-corrected chi connectivity index (χ3v) is 3.52. The lowest BCUT2D eigenvalue weighted by atomic mass is 10.2. The van der Waals surface area contributed by atoms with Gasteiger partial charge >= 0.3 is 0 Å². The van der Waals surface area contributed by atoms with E-state index in [1.54, 1.807) is 6.92 Å². The Balaban J connectivity index is 1.93. The summed E-state index contributed by atoms with van der Waals surface area (Å²) in [6, 6.07) is 6.26. The molecule has 1 aromatic carbocycles. The van der Waals surface area contributed by atoms with Gasteiger partial charge in [0.1, 0.15) is 0 Å². The number of nitrogens with one attached hydrogen (secondary N) is 1. The number of amides is 1. The molecule has 98 valence electrons. The Bertz CT molecular complexity index is 430. The molecule has 1 amide bonds. The van der Waals surface area contributed by atoms with Crippen LogP contribution in [-0.2, 0) is 11.3 Å². The second kappa shape index (κ2) is 5.71. The molecule has 1 aliphatic rings. The van der Waals surface area contributed by atoms with Crippen LogP contribution >= 0.6 is 15.9 Å². The molecule has 5 heteroatoms. The fourth-order valence-corrected chi connectivity index (χ4v) is 2.96. The minimum Gasteiger partial charge on any atom is -0.399 e. The first-order valence-electron chi connectivity index (χ1n) is 6.07. The van der Waals surface area contributed by atoms with E-state index in [1.165, 1.54) is 5.56 Å². The number of benzene rings is 1. The smallest absolute Gasteiger partial charge is 0.217 e. The first-order valence-corrected chi connectivity index (χ1v) is 6.86. The number of halogens is 1. The minimum absolute atomic E-state index is 0.0496. The van der Waals surface area contributed by atoms with Crippen LogP contribution in [0.3, 0.4) is 0 Å². The van der Waals surface area contributed by atoms with Crippen molar-refractivity contribution in [3.05, 3.63) is 28.2 Å². The zero-order chi connectivity index (χ0) is 13.1. The molecule has 0 radical (unpaired) electrons. The van der Waals surface area contributed by atoms with Gasteiger partial charge in [0, 0.05) is 42.8 Å². The molecule has 3 N–H and O–H groups in total. The van der Waals surface area contributed by atoms with Gasteiger partial charge in [-0.1, -0.05) is 15.9 Å². The van der Waals surface area contributed by atoms with Crippen LogP contribution in [0.15, 0.2) is 22.7 Å². The van der Waals surface area contributed by atoms with Crippen molar-refractivity contribution in [1.82, 2.24) is 10.2 Å². The van der Waals surface area contributed by atoms with Gasteiger partial charge in [0.2, 0.25) is 5.91 Å². The van der Waals surface area contributed by atoms with Gasteiger partial charge in [-0.15, -0.1) is 0 Å². The van der Waals surface area contributed by atoms with Crippen LogP contribution in [0.1, 0.15) is 18.9 Å². The molecule has 0 bridgehead atoms. The number of nitrogens with two attached hydrogens (primary N) is 1. The highest BCUT2D eigenvalue weighted by Gasteiger charge is 2.22. The van der Waals surface area contributed by atoms with Gasteiger partial charge in [-0.25, -0.2) is 0 Å². The van der Waals surface area contributed by atoms with Gasteiger partial charge in [0.05, 0.1) is 0 Å². The van der Waals surface area contributed by atoms with Crippen LogP contribution in [-0.4, -0.2) is 29.9 Å². The SMILES string of the molecule is CC(=O)NC1CCN(Cc2cc(N)cc(Br)c2)C1. The summed E-state index contributed by atoms with van der Waals surface area (Å²) in [7, 11) is 0. The Kier molecular flexibility index (Phi) is 4.24. The van der Waals surface area contributed by atoms with E-state index < -0.39 is 0 Å². The van der Waals surface area contributed by atoms with E-state index in [2.05, 4.69) is 32.2 Å². The lowest BCUT2D eigenvalue weighted by Crippen LogP contribution is -2.35. The molecule has 0 spiro atoms. The Morgan fingerprint density at radius 2 is 2.33 bits per heavy atom. The van der Waals surface area contributed by atoms with Crippen molar-refractivity contribution in [3.63, 3.8) is 0 Å². The molecule has 0 aromatic heterocycles. The fraction of sp³-hybridized carbons (Fsp3) is 0.462. The number of hydrogen-bond donors (Lipinski definition) is 2. The molecule has 0 saturated carbocycles. The van der Waals surface area contributed by atoms with Crippen LogP contribution in [0, 0.1) is 0 Å². The van der Waals surface area contributed by atoms with Gasteiger partial charge in [-0.2, -0.15) is 0 Å². The number of likely N-dealkylation sites (tertiary alicyclic amines) is 1. The van der Waals surface area contributed by atoms with Crippen LogP contribution in [0.5, 0.6) is 0 Å². The van der Waals surface area contributed by atoms with Crippen molar-refractivity contribution < 1.29 is 4.79 Å². The molecule has 0 aliphatic carbocycles. The molecule has 1 heterocycles. The Morgan fingerprint density at radius 3 is 3.00 bits per heavy atom. The average Bonchev–Trinajstić information content (AvgIpc) is 2.62. The highest BCUT2D eigenvalue weighted by atomic mass is 79.9. The van der Waals surface area contributed by atoms with Gasteiger partial charge in [-0.05, 0) is 30.2 Å². The fourth-order valence-electron chi connectivity index (χ4n) is 2.41. The third-order valence-electron chi connectivity index (χ3n) is 3.07. The molecule has 1 atom stereocenters. The van der Waals surface area contributed by atoms with Gasteiger partial charge < -0.3 is 11.1 Å². The van der Waals surface area contributed by atoms with Crippen LogP contribution in [0.2, 0.25) is 0 Å². The second-order valence-corrected chi connectivity index (χ2v) is 5.73. The molecule has 18 heavy (non-hydrogen) atoms. The summed E-state index contributed by atoms with van der Waals surface area (Å²) in [6.07, 6.45) is 1.02. The molecule has 1 aliphatic heterocycles. The Labute approximate surface area is 116 Å². The number of carbonyl (C=O) groups excluding carboxylic acids is 1. The van der Waals surface area contributed by atoms with Gasteiger partial charge in [0.25, 0.3) is 0 Å². The number of nitrogen functional groups attached to an aromatic ring is 1. The molecule has 1 fully saturated rings. The number of nitrogens with zero attached hydrogens (tertiary/aromatic N) is 1.